The maximum Gasteiger partial charge on any atom is 1.00 e. The van der Waals surface area contributed by atoms with Crippen LogP contribution < -0.4 is 61.8 Å². The van der Waals surface area contributed by atoms with Crippen LogP contribution in [0, 0.1) is 0 Å². The van der Waals surface area contributed by atoms with E-state index in [2.05, 4.69) is 33.0 Å². The van der Waals surface area contributed by atoms with Crippen LogP contribution in [0.5, 0.6) is 0 Å². The second-order valence-corrected chi connectivity index (χ2v) is 8.12. The standard InChI is InChI=1S/C15H30N2O4.C3H8.K/c1-10-7-12(16-11(2)13(18)19)8-14(3,4)17(10)21-9-15(5,6)20;1-3-2;/h10-12,16,20H,7-9H2,1-6H3,(H,18,19);3H2,1-2H3;/q;;+1/p-1. The zero-order valence-electron chi connectivity index (χ0n) is 17.7. The summed E-state index contributed by atoms with van der Waals surface area (Å²) in [5.41, 5.74) is -1.12. The van der Waals surface area contributed by atoms with Crippen molar-refractivity contribution >= 4 is 5.97 Å². The molecule has 1 saturated heterocycles. The van der Waals surface area contributed by atoms with Gasteiger partial charge in [-0.1, -0.05) is 20.3 Å². The summed E-state index contributed by atoms with van der Waals surface area (Å²) in [6, 6.07) is -0.436. The van der Waals surface area contributed by atoms with E-state index in [9.17, 15) is 15.0 Å². The third-order valence-corrected chi connectivity index (χ3v) is 3.76. The first kappa shape index (κ1) is 28.2. The Morgan fingerprint density at radius 3 is 2.28 bits per heavy atom. The van der Waals surface area contributed by atoms with E-state index in [4.69, 9.17) is 4.84 Å². The van der Waals surface area contributed by atoms with Gasteiger partial charge in [-0.2, -0.15) is 5.06 Å². The predicted molar refractivity (Wildman–Crippen MR) is 94.2 cm³/mol. The quantitative estimate of drug-likeness (QED) is 0.541. The van der Waals surface area contributed by atoms with Crippen LogP contribution in [0.25, 0.3) is 0 Å². The van der Waals surface area contributed by atoms with E-state index < -0.39 is 17.6 Å². The Labute approximate surface area is 196 Å². The molecule has 0 aromatic carbocycles. The van der Waals surface area contributed by atoms with E-state index in [1.165, 1.54) is 6.42 Å². The molecule has 6 nitrogen and oxygen atoms in total. The molecule has 144 valence electrons. The average Bonchev–Trinajstić information content (AvgIpc) is 2.35. The first-order valence-electron chi connectivity index (χ1n) is 8.95. The first-order chi connectivity index (χ1) is 10.8. The van der Waals surface area contributed by atoms with Gasteiger partial charge >= 0.3 is 51.4 Å². The molecule has 0 aromatic heterocycles. The van der Waals surface area contributed by atoms with Crippen molar-refractivity contribution in [1.29, 1.82) is 0 Å². The van der Waals surface area contributed by atoms with Gasteiger partial charge in [0.15, 0.2) is 0 Å². The molecular weight excluding hydrogens is 347 g/mol. The number of piperidine rings is 1. The van der Waals surface area contributed by atoms with E-state index >= 15 is 0 Å². The Balaban J connectivity index is 0. The normalized spacial score (nSPS) is 24.5. The molecule has 0 spiro atoms. The molecule has 7 heteroatoms. The molecule has 0 amide bonds. The van der Waals surface area contributed by atoms with E-state index in [1.54, 1.807) is 20.8 Å². The minimum absolute atomic E-state index is 0. The van der Waals surface area contributed by atoms with Crippen LogP contribution in [0.4, 0.5) is 0 Å². The number of carboxylic acid groups (broad SMARTS) is 1. The van der Waals surface area contributed by atoms with Crippen molar-refractivity contribution in [3.05, 3.63) is 0 Å². The second-order valence-electron chi connectivity index (χ2n) is 8.12. The number of hydroxylamine groups is 2. The largest absolute Gasteiger partial charge is 1.00 e. The van der Waals surface area contributed by atoms with E-state index in [0.29, 0.717) is 0 Å². The van der Waals surface area contributed by atoms with Crippen molar-refractivity contribution in [3.63, 3.8) is 0 Å². The minimum Gasteiger partial charge on any atom is -0.548 e. The first-order valence-corrected chi connectivity index (χ1v) is 8.95. The zero-order valence-corrected chi connectivity index (χ0v) is 20.8. The van der Waals surface area contributed by atoms with Crippen molar-refractivity contribution in [2.45, 2.75) is 104 Å². The molecule has 0 bridgehead atoms. The molecule has 3 atom stereocenters. The molecule has 0 saturated carbocycles. The maximum atomic E-state index is 10.9. The van der Waals surface area contributed by atoms with Gasteiger partial charge in [0, 0.05) is 23.7 Å². The van der Waals surface area contributed by atoms with Crippen LogP contribution in [0.2, 0.25) is 0 Å². The Morgan fingerprint density at radius 2 is 1.92 bits per heavy atom. The third kappa shape index (κ3) is 11.4. The van der Waals surface area contributed by atoms with Crippen LogP contribution >= 0.6 is 0 Å². The van der Waals surface area contributed by atoms with Gasteiger partial charge in [0.2, 0.25) is 0 Å². The molecular formula is C18H37KN2O4. The zero-order chi connectivity index (χ0) is 19.1. The molecule has 3 unspecified atom stereocenters. The van der Waals surface area contributed by atoms with E-state index in [0.717, 1.165) is 12.8 Å². The molecule has 0 aliphatic carbocycles. The summed E-state index contributed by atoms with van der Waals surface area (Å²) in [6.07, 6.45) is 2.80. The smallest absolute Gasteiger partial charge is 0.548 e. The van der Waals surface area contributed by atoms with Gasteiger partial charge < -0.3 is 20.3 Å². The van der Waals surface area contributed by atoms with Crippen molar-refractivity contribution in [3.8, 4) is 0 Å². The molecule has 0 radical (unpaired) electrons. The molecule has 1 aliphatic heterocycles. The van der Waals surface area contributed by atoms with Gasteiger partial charge in [-0.15, -0.1) is 0 Å². The summed E-state index contributed by atoms with van der Waals surface area (Å²) < 4.78 is 0. The SMILES string of the molecule is CC(NC1CC(C)N(OCC(C)(C)O)C(C)(C)C1)C(=O)[O-].CCC.[K+]. The van der Waals surface area contributed by atoms with Gasteiger partial charge in [0.05, 0.1) is 18.2 Å². The molecule has 2 N–H and O–H groups in total. The van der Waals surface area contributed by atoms with Crippen LogP contribution in [0.3, 0.4) is 0 Å². The summed E-state index contributed by atoms with van der Waals surface area (Å²) in [7, 11) is 0. The number of carboxylic acids is 1. The average molecular weight is 385 g/mol. The third-order valence-electron chi connectivity index (χ3n) is 3.76. The van der Waals surface area contributed by atoms with Crippen LogP contribution in [-0.2, 0) is 9.63 Å². The topological polar surface area (TPSA) is 84.9 Å². The van der Waals surface area contributed by atoms with E-state index in [-0.39, 0.29) is 75.6 Å². The van der Waals surface area contributed by atoms with Gasteiger partial charge in [-0.3, -0.25) is 4.84 Å². The fraction of sp³-hybridized carbons (Fsp3) is 0.944. The predicted octanol–water partition coefficient (Wildman–Crippen LogP) is -1.53. The van der Waals surface area contributed by atoms with Crippen LogP contribution in [-0.4, -0.2) is 52.0 Å². The monoisotopic (exact) mass is 384 g/mol. The molecule has 25 heavy (non-hydrogen) atoms. The van der Waals surface area contributed by atoms with Crippen molar-refractivity contribution in [2.24, 2.45) is 0 Å². The summed E-state index contributed by atoms with van der Waals surface area (Å²) in [5.74, 6) is -1.08. The Hall–Kier alpha value is 0.946. The molecule has 1 fully saturated rings. The van der Waals surface area contributed by atoms with Gasteiger partial charge in [0.25, 0.3) is 0 Å². The Bertz CT molecular complexity index is 386. The number of rotatable bonds is 6. The summed E-state index contributed by atoms with van der Waals surface area (Å²) >= 11 is 0. The van der Waals surface area contributed by atoms with Crippen LogP contribution in [0.1, 0.15) is 74.7 Å². The summed E-state index contributed by atoms with van der Waals surface area (Å²) in [5, 5.41) is 25.7. The summed E-state index contributed by atoms with van der Waals surface area (Å²) in [4.78, 5) is 16.7. The number of carbonyl (C=O) groups excluding carboxylic acids is 1. The Kier molecular flexibility index (Phi) is 14.0. The van der Waals surface area contributed by atoms with Gasteiger partial charge in [0.1, 0.15) is 0 Å². The van der Waals surface area contributed by atoms with Crippen molar-refractivity contribution < 1.29 is 71.2 Å². The van der Waals surface area contributed by atoms with Gasteiger partial charge in [-0.05, 0) is 54.4 Å². The number of hydrogen-bond donors (Lipinski definition) is 2. The minimum atomic E-state index is -1.08. The molecule has 1 rings (SSSR count). The number of nitrogens with zero attached hydrogens (tertiary/aromatic N) is 1. The van der Waals surface area contributed by atoms with Gasteiger partial charge in [-0.25, -0.2) is 0 Å². The number of aliphatic hydroxyl groups is 1. The van der Waals surface area contributed by atoms with Crippen molar-refractivity contribution in [1.82, 2.24) is 10.4 Å². The summed E-state index contributed by atoms with van der Waals surface area (Å²) in [6.45, 7) is 15.7. The maximum absolute atomic E-state index is 10.9. The number of aliphatic carboxylic acids is 1. The molecule has 1 heterocycles. The van der Waals surface area contributed by atoms with E-state index in [1.807, 2.05) is 12.0 Å². The Morgan fingerprint density at radius 1 is 1.44 bits per heavy atom. The molecule has 1 aliphatic rings. The fourth-order valence-corrected chi connectivity index (χ4v) is 2.96. The number of hydrogen-bond acceptors (Lipinski definition) is 6. The number of nitrogens with one attached hydrogen (secondary N) is 1. The molecule has 0 aromatic rings. The fourth-order valence-electron chi connectivity index (χ4n) is 2.96. The number of carbonyl (C=O) groups is 1. The van der Waals surface area contributed by atoms with Crippen LogP contribution in [0.15, 0.2) is 0 Å². The van der Waals surface area contributed by atoms with Crippen molar-refractivity contribution in [2.75, 3.05) is 6.61 Å². The second kappa shape index (κ2) is 12.4.